The van der Waals surface area contributed by atoms with Crippen LogP contribution in [0, 0.1) is 0 Å². The summed E-state index contributed by atoms with van der Waals surface area (Å²) in [5.41, 5.74) is 6.59. The Labute approximate surface area is 93.7 Å². The minimum atomic E-state index is -0.155. The summed E-state index contributed by atoms with van der Waals surface area (Å²) in [6.07, 6.45) is 5.01. The van der Waals surface area contributed by atoms with Gasteiger partial charge >= 0.3 is 0 Å². The van der Waals surface area contributed by atoms with Crippen molar-refractivity contribution >= 4 is 23.2 Å². The van der Waals surface area contributed by atoms with Crippen LogP contribution in [-0.4, -0.2) is 4.98 Å². The van der Waals surface area contributed by atoms with Crippen molar-refractivity contribution in [1.82, 2.24) is 4.98 Å². The van der Waals surface area contributed by atoms with Gasteiger partial charge in [-0.2, -0.15) is 0 Å². The van der Waals surface area contributed by atoms with Gasteiger partial charge in [-0.3, -0.25) is 4.98 Å². The van der Waals surface area contributed by atoms with Crippen LogP contribution in [0.15, 0.2) is 24.9 Å². The Balaban J connectivity index is 2.78. The third kappa shape index (κ3) is 2.98. The summed E-state index contributed by atoms with van der Waals surface area (Å²) < 4.78 is 0. The number of nitrogens with two attached hydrogens (primary N) is 1. The summed E-state index contributed by atoms with van der Waals surface area (Å²) >= 11 is 11.7. The molecule has 0 bridgehead atoms. The summed E-state index contributed by atoms with van der Waals surface area (Å²) in [5.74, 6) is 0. The van der Waals surface area contributed by atoms with E-state index in [0.29, 0.717) is 15.7 Å². The normalized spacial score (nSPS) is 12.5. The zero-order valence-electron chi connectivity index (χ0n) is 7.71. The summed E-state index contributed by atoms with van der Waals surface area (Å²) in [4.78, 5) is 4.11. The fourth-order valence-electron chi connectivity index (χ4n) is 1.13. The van der Waals surface area contributed by atoms with Crippen molar-refractivity contribution in [2.24, 2.45) is 5.73 Å². The van der Waals surface area contributed by atoms with Gasteiger partial charge in [-0.25, -0.2) is 0 Å². The van der Waals surface area contributed by atoms with Crippen LogP contribution in [0.3, 0.4) is 0 Å². The predicted octanol–water partition coefficient (Wildman–Crippen LogP) is 3.35. The van der Waals surface area contributed by atoms with Crippen molar-refractivity contribution in [1.29, 1.82) is 0 Å². The van der Waals surface area contributed by atoms with Crippen LogP contribution >= 0.6 is 23.2 Å². The highest BCUT2D eigenvalue weighted by atomic mass is 35.5. The summed E-state index contributed by atoms with van der Waals surface area (Å²) in [6.45, 7) is 3.63. The first-order chi connectivity index (χ1) is 6.65. The molecule has 0 radical (unpaired) electrons. The van der Waals surface area contributed by atoms with Crippen molar-refractivity contribution < 1.29 is 0 Å². The molecule has 0 aromatic carbocycles. The first-order valence-electron chi connectivity index (χ1n) is 4.32. The van der Waals surface area contributed by atoms with E-state index in [-0.39, 0.29) is 6.04 Å². The van der Waals surface area contributed by atoms with Gasteiger partial charge in [0.2, 0.25) is 0 Å². The zero-order chi connectivity index (χ0) is 10.6. The molecular weight excluding hydrogens is 219 g/mol. The van der Waals surface area contributed by atoms with Crippen LogP contribution in [-0.2, 0) is 0 Å². The van der Waals surface area contributed by atoms with Crippen LogP contribution in [0.5, 0.6) is 0 Å². The second-order valence-corrected chi connectivity index (χ2v) is 3.84. The first-order valence-corrected chi connectivity index (χ1v) is 5.08. The Morgan fingerprint density at radius 3 is 2.86 bits per heavy atom. The number of hydrogen-bond donors (Lipinski definition) is 1. The van der Waals surface area contributed by atoms with Crippen LogP contribution in [0.2, 0.25) is 10.0 Å². The van der Waals surface area contributed by atoms with Gasteiger partial charge in [0, 0.05) is 12.2 Å². The van der Waals surface area contributed by atoms with E-state index in [1.54, 1.807) is 12.3 Å². The quantitative estimate of drug-likeness (QED) is 0.807. The number of aromatic nitrogens is 1. The third-order valence-corrected chi connectivity index (χ3v) is 2.38. The molecule has 1 atom stereocenters. The highest BCUT2D eigenvalue weighted by molar-refractivity contribution is 6.34. The second kappa shape index (κ2) is 5.35. The van der Waals surface area contributed by atoms with Gasteiger partial charge in [0.15, 0.2) is 0 Å². The van der Waals surface area contributed by atoms with Gasteiger partial charge in [-0.05, 0) is 18.9 Å². The van der Waals surface area contributed by atoms with E-state index in [9.17, 15) is 0 Å². The highest BCUT2D eigenvalue weighted by Gasteiger charge is 2.11. The summed E-state index contributed by atoms with van der Waals surface area (Å²) in [7, 11) is 0. The molecule has 1 rings (SSSR count). The van der Waals surface area contributed by atoms with Gasteiger partial charge in [0.1, 0.15) is 0 Å². The van der Waals surface area contributed by atoms with E-state index >= 15 is 0 Å². The number of allylic oxidation sites excluding steroid dienone is 1. The molecule has 0 saturated carbocycles. The average Bonchev–Trinajstić information content (AvgIpc) is 2.14. The van der Waals surface area contributed by atoms with E-state index in [1.165, 1.54) is 0 Å². The van der Waals surface area contributed by atoms with E-state index in [2.05, 4.69) is 11.6 Å². The molecule has 2 nitrogen and oxygen atoms in total. The molecule has 1 aromatic rings. The largest absolute Gasteiger partial charge is 0.323 e. The smallest absolute Gasteiger partial charge is 0.0758 e. The van der Waals surface area contributed by atoms with Crippen molar-refractivity contribution in [3.05, 3.63) is 40.7 Å². The lowest BCUT2D eigenvalue weighted by molar-refractivity contribution is 0.642. The van der Waals surface area contributed by atoms with Gasteiger partial charge in [-0.1, -0.05) is 29.3 Å². The molecule has 2 N–H and O–H groups in total. The fraction of sp³-hybridized carbons (Fsp3) is 0.300. The molecular formula is C10H12Cl2N2. The molecule has 1 heterocycles. The first kappa shape index (κ1) is 11.5. The summed E-state index contributed by atoms with van der Waals surface area (Å²) in [5, 5.41) is 1.05. The Morgan fingerprint density at radius 1 is 1.57 bits per heavy atom. The average molecular weight is 231 g/mol. The molecule has 0 fully saturated rings. The molecule has 0 aliphatic carbocycles. The lowest BCUT2D eigenvalue weighted by Crippen LogP contribution is -2.12. The molecule has 4 heteroatoms. The van der Waals surface area contributed by atoms with E-state index in [0.717, 1.165) is 12.8 Å². The Kier molecular flexibility index (Phi) is 4.39. The van der Waals surface area contributed by atoms with Crippen molar-refractivity contribution in [3.63, 3.8) is 0 Å². The van der Waals surface area contributed by atoms with Gasteiger partial charge in [-0.15, -0.1) is 6.58 Å². The Bertz CT molecular complexity index is 326. The van der Waals surface area contributed by atoms with E-state index in [4.69, 9.17) is 28.9 Å². The number of hydrogen-bond acceptors (Lipinski definition) is 2. The minimum absolute atomic E-state index is 0.155. The second-order valence-electron chi connectivity index (χ2n) is 2.99. The van der Waals surface area contributed by atoms with Crippen LogP contribution < -0.4 is 5.73 Å². The van der Waals surface area contributed by atoms with E-state index < -0.39 is 0 Å². The highest BCUT2D eigenvalue weighted by Crippen LogP contribution is 2.24. The van der Waals surface area contributed by atoms with Gasteiger partial charge in [0.05, 0.1) is 15.7 Å². The molecule has 0 aliphatic heterocycles. The monoisotopic (exact) mass is 230 g/mol. The number of halogens is 2. The number of pyridine rings is 1. The zero-order valence-corrected chi connectivity index (χ0v) is 9.22. The van der Waals surface area contributed by atoms with Crippen molar-refractivity contribution in [2.75, 3.05) is 0 Å². The number of rotatable bonds is 4. The Hall–Kier alpha value is -0.570. The fourth-order valence-corrected chi connectivity index (χ4v) is 1.65. The molecule has 1 aromatic heterocycles. The van der Waals surface area contributed by atoms with Gasteiger partial charge in [0.25, 0.3) is 0 Å². The van der Waals surface area contributed by atoms with Crippen LogP contribution in [0.4, 0.5) is 0 Å². The van der Waals surface area contributed by atoms with E-state index in [1.807, 2.05) is 6.08 Å². The maximum absolute atomic E-state index is 5.95. The molecule has 0 amide bonds. The molecule has 0 saturated heterocycles. The predicted molar refractivity (Wildman–Crippen MR) is 60.6 cm³/mol. The molecule has 0 aliphatic rings. The summed E-state index contributed by atoms with van der Waals surface area (Å²) in [6, 6.07) is 1.50. The lowest BCUT2D eigenvalue weighted by atomic mass is 10.1. The molecule has 14 heavy (non-hydrogen) atoms. The van der Waals surface area contributed by atoms with Crippen molar-refractivity contribution in [3.8, 4) is 0 Å². The topological polar surface area (TPSA) is 38.9 Å². The molecule has 76 valence electrons. The standard InChI is InChI=1S/C10H12Cl2N2/c1-2-3-4-9(13)10-8(12)5-7(11)6-14-10/h2,5-6,9H,1,3-4,13H2. The van der Waals surface area contributed by atoms with Crippen LogP contribution in [0.25, 0.3) is 0 Å². The number of nitrogens with zero attached hydrogens (tertiary/aromatic N) is 1. The maximum Gasteiger partial charge on any atom is 0.0758 e. The minimum Gasteiger partial charge on any atom is -0.323 e. The van der Waals surface area contributed by atoms with Crippen molar-refractivity contribution in [2.45, 2.75) is 18.9 Å². The third-order valence-electron chi connectivity index (χ3n) is 1.87. The molecule has 1 unspecified atom stereocenters. The SMILES string of the molecule is C=CCCC(N)c1ncc(Cl)cc1Cl. The lowest BCUT2D eigenvalue weighted by Gasteiger charge is -2.11. The Morgan fingerprint density at radius 2 is 2.29 bits per heavy atom. The maximum atomic E-state index is 5.95. The van der Waals surface area contributed by atoms with Gasteiger partial charge < -0.3 is 5.73 Å². The molecule has 0 spiro atoms. The van der Waals surface area contributed by atoms with Crippen LogP contribution in [0.1, 0.15) is 24.6 Å².